The van der Waals surface area contributed by atoms with Crippen molar-refractivity contribution in [2.75, 3.05) is 5.73 Å². The van der Waals surface area contributed by atoms with Crippen LogP contribution < -0.4 is 5.73 Å². The van der Waals surface area contributed by atoms with E-state index in [2.05, 4.69) is 15.7 Å². The minimum absolute atomic E-state index is 0.797. The molecule has 0 saturated carbocycles. The molecular weight excluding hydrogens is 186 g/mol. The lowest BCUT2D eigenvalue weighted by atomic mass is 10.1. The van der Waals surface area contributed by atoms with Crippen LogP contribution in [0.3, 0.4) is 0 Å². The van der Waals surface area contributed by atoms with Crippen molar-refractivity contribution in [3.8, 4) is 11.3 Å². The highest BCUT2D eigenvalue weighted by atomic mass is 15.1. The topological polar surface area (TPSA) is 43.8 Å². The summed E-state index contributed by atoms with van der Waals surface area (Å²) in [5, 5.41) is 0. The van der Waals surface area contributed by atoms with Gasteiger partial charge in [0, 0.05) is 30.4 Å². The number of aryl methyl sites for hydroxylation is 2. The lowest BCUT2D eigenvalue weighted by Gasteiger charge is -1.97. The van der Waals surface area contributed by atoms with E-state index in [0.29, 0.717) is 0 Å². The Morgan fingerprint density at radius 2 is 2.00 bits per heavy atom. The molecule has 0 saturated heterocycles. The minimum Gasteiger partial charge on any atom is -0.399 e. The number of imidazole rings is 1. The molecule has 0 unspecified atom stereocenters. The fourth-order valence-electron chi connectivity index (χ4n) is 2.05. The van der Waals surface area contributed by atoms with E-state index < -0.39 is 0 Å². The first-order chi connectivity index (χ1) is 7.33. The maximum absolute atomic E-state index is 5.65. The summed E-state index contributed by atoms with van der Waals surface area (Å²) < 4.78 is 2.24. The number of hydrogen-bond donors (Lipinski definition) is 1. The number of rotatable bonds is 1. The summed E-state index contributed by atoms with van der Waals surface area (Å²) in [4.78, 5) is 4.61. The number of nitrogens with two attached hydrogens (primary N) is 1. The zero-order valence-electron chi connectivity index (χ0n) is 8.48. The van der Waals surface area contributed by atoms with Crippen molar-refractivity contribution in [1.82, 2.24) is 9.55 Å². The fourth-order valence-corrected chi connectivity index (χ4v) is 2.05. The number of fused-ring (bicyclic) bond motifs is 1. The number of benzene rings is 1. The van der Waals surface area contributed by atoms with E-state index in [9.17, 15) is 0 Å². The van der Waals surface area contributed by atoms with Gasteiger partial charge in [0.05, 0.1) is 5.69 Å². The van der Waals surface area contributed by atoms with Crippen molar-refractivity contribution < 1.29 is 0 Å². The van der Waals surface area contributed by atoms with Crippen LogP contribution in [0.5, 0.6) is 0 Å². The molecule has 0 spiro atoms. The van der Waals surface area contributed by atoms with Crippen molar-refractivity contribution in [3.05, 3.63) is 36.3 Å². The Bertz CT molecular complexity index is 461. The molecule has 0 radical (unpaired) electrons. The maximum Gasteiger partial charge on any atom is 0.109 e. The molecule has 2 N–H and O–H groups in total. The third-order valence-corrected chi connectivity index (χ3v) is 2.87. The van der Waals surface area contributed by atoms with Gasteiger partial charge in [0.25, 0.3) is 0 Å². The highest BCUT2D eigenvalue weighted by Gasteiger charge is 2.13. The van der Waals surface area contributed by atoms with Gasteiger partial charge in [0.2, 0.25) is 0 Å². The van der Waals surface area contributed by atoms with E-state index in [1.165, 1.54) is 12.2 Å². The third kappa shape index (κ3) is 1.40. The van der Waals surface area contributed by atoms with E-state index in [-0.39, 0.29) is 0 Å². The average Bonchev–Trinajstić information content (AvgIpc) is 2.78. The predicted octanol–water partition coefficient (Wildman–Crippen LogP) is 2.08. The number of nitrogens with zero attached hydrogens (tertiary/aromatic N) is 2. The van der Waals surface area contributed by atoms with Crippen LogP contribution in [0.4, 0.5) is 5.69 Å². The summed E-state index contributed by atoms with van der Waals surface area (Å²) in [7, 11) is 0. The number of hydrogen-bond acceptors (Lipinski definition) is 2. The molecule has 15 heavy (non-hydrogen) atoms. The van der Waals surface area contributed by atoms with Crippen LogP contribution in [0.2, 0.25) is 0 Å². The Kier molecular flexibility index (Phi) is 1.78. The third-order valence-electron chi connectivity index (χ3n) is 2.87. The molecule has 2 aromatic rings. The molecule has 1 aromatic heterocycles. The highest BCUT2D eigenvalue weighted by molar-refractivity contribution is 5.61. The van der Waals surface area contributed by atoms with Crippen LogP contribution in [-0.4, -0.2) is 9.55 Å². The van der Waals surface area contributed by atoms with Gasteiger partial charge in [-0.15, -0.1) is 0 Å². The van der Waals surface area contributed by atoms with Crippen LogP contribution in [-0.2, 0) is 13.0 Å². The molecular formula is C12H13N3. The molecule has 3 heteroatoms. The standard InChI is InChI=1S/C12H13N3/c13-10-5-3-9(4-6-10)11-8-15-7-1-2-12(15)14-11/h3-6,8H,1-2,7,13H2. The molecule has 0 fully saturated rings. The van der Waals surface area contributed by atoms with Crippen LogP contribution in [0.1, 0.15) is 12.2 Å². The lowest BCUT2D eigenvalue weighted by Crippen LogP contribution is -1.87. The first-order valence-electron chi connectivity index (χ1n) is 5.25. The van der Waals surface area contributed by atoms with E-state index in [1.54, 1.807) is 0 Å². The first-order valence-corrected chi connectivity index (χ1v) is 5.25. The van der Waals surface area contributed by atoms with E-state index in [4.69, 9.17) is 5.73 Å². The zero-order chi connectivity index (χ0) is 10.3. The van der Waals surface area contributed by atoms with E-state index in [0.717, 1.165) is 29.9 Å². The first kappa shape index (κ1) is 8.53. The average molecular weight is 199 g/mol. The molecule has 2 heterocycles. The van der Waals surface area contributed by atoms with Crippen molar-refractivity contribution in [2.45, 2.75) is 19.4 Å². The van der Waals surface area contributed by atoms with Gasteiger partial charge in [-0.25, -0.2) is 4.98 Å². The van der Waals surface area contributed by atoms with Gasteiger partial charge in [-0.2, -0.15) is 0 Å². The SMILES string of the molecule is Nc1ccc(-c2cn3c(n2)CCC3)cc1. The molecule has 3 nitrogen and oxygen atoms in total. The van der Waals surface area contributed by atoms with E-state index >= 15 is 0 Å². The zero-order valence-corrected chi connectivity index (χ0v) is 8.48. The molecule has 0 atom stereocenters. The van der Waals surface area contributed by atoms with Crippen LogP contribution in [0.15, 0.2) is 30.5 Å². The monoisotopic (exact) mass is 199 g/mol. The summed E-state index contributed by atoms with van der Waals surface area (Å²) >= 11 is 0. The molecule has 1 aliphatic rings. The lowest BCUT2D eigenvalue weighted by molar-refractivity contribution is 0.750. The molecule has 0 aliphatic carbocycles. The Morgan fingerprint density at radius 3 is 2.73 bits per heavy atom. The van der Waals surface area contributed by atoms with Crippen LogP contribution in [0.25, 0.3) is 11.3 Å². The molecule has 1 aromatic carbocycles. The Morgan fingerprint density at radius 1 is 1.20 bits per heavy atom. The Labute approximate surface area is 88.6 Å². The summed E-state index contributed by atoms with van der Waals surface area (Å²) in [6, 6.07) is 7.88. The van der Waals surface area contributed by atoms with Gasteiger partial charge in [0.15, 0.2) is 0 Å². The number of anilines is 1. The van der Waals surface area contributed by atoms with Gasteiger partial charge >= 0.3 is 0 Å². The van der Waals surface area contributed by atoms with Crippen LogP contribution >= 0.6 is 0 Å². The maximum atomic E-state index is 5.65. The second-order valence-corrected chi connectivity index (χ2v) is 3.96. The Hall–Kier alpha value is -1.77. The molecule has 0 amide bonds. The van der Waals surface area contributed by atoms with E-state index in [1.807, 2.05) is 24.3 Å². The minimum atomic E-state index is 0.797. The Balaban J connectivity index is 2.02. The summed E-state index contributed by atoms with van der Waals surface area (Å²) in [6.45, 7) is 1.11. The van der Waals surface area contributed by atoms with Gasteiger partial charge < -0.3 is 10.3 Å². The predicted molar refractivity (Wildman–Crippen MR) is 60.4 cm³/mol. The second-order valence-electron chi connectivity index (χ2n) is 3.96. The fraction of sp³-hybridized carbons (Fsp3) is 0.250. The number of aromatic nitrogens is 2. The van der Waals surface area contributed by atoms with Gasteiger partial charge in [-0.3, -0.25) is 0 Å². The molecule has 3 rings (SSSR count). The van der Waals surface area contributed by atoms with Gasteiger partial charge in [-0.1, -0.05) is 12.1 Å². The highest BCUT2D eigenvalue weighted by Crippen LogP contribution is 2.23. The van der Waals surface area contributed by atoms with Crippen molar-refractivity contribution in [2.24, 2.45) is 0 Å². The van der Waals surface area contributed by atoms with Gasteiger partial charge in [0.1, 0.15) is 5.82 Å². The van der Waals surface area contributed by atoms with Crippen LogP contribution in [0, 0.1) is 0 Å². The van der Waals surface area contributed by atoms with Crippen molar-refractivity contribution in [1.29, 1.82) is 0 Å². The molecule has 1 aliphatic heterocycles. The van der Waals surface area contributed by atoms with Gasteiger partial charge in [-0.05, 0) is 18.6 Å². The molecule has 76 valence electrons. The second kappa shape index (κ2) is 3.12. The smallest absolute Gasteiger partial charge is 0.109 e. The largest absolute Gasteiger partial charge is 0.399 e. The normalized spacial score (nSPS) is 14.1. The summed E-state index contributed by atoms with van der Waals surface area (Å²) in [6.07, 6.45) is 4.47. The summed E-state index contributed by atoms with van der Waals surface area (Å²) in [5.41, 5.74) is 8.65. The van der Waals surface area contributed by atoms with Crippen molar-refractivity contribution >= 4 is 5.69 Å². The number of nitrogen functional groups attached to an aromatic ring is 1. The summed E-state index contributed by atoms with van der Waals surface area (Å²) in [5.74, 6) is 1.21. The quantitative estimate of drug-likeness (QED) is 0.714. The van der Waals surface area contributed by atoms with Crippen molar-refractivity contribution in [3.63, 3.8) is 0 Å². The molecule has 0 bridgehead atoms.